The molecular formula is C16H20ClN2O3-. The third-order valence-corrected chi connectivity index (χ3v) is 3.69. The van der Waals surface area contributed by atoms with Crippen molar-refractivity contribution in [1.82, 2.24) is 5.32 Å². The first kappa shape index (κ1) is 16.6. The number of nitrogens with one attached hydrogen (secondary N) is 1. The lowest BCUT2D eigenvalue weighted by Gasteiger charge is -2.18. The van der Waals surface area contributed by atoms with Crippen LogP contribution >= 0.6 is 0 Å². The minimum Gasteiger partial charge on any atom is -1.00 e. The number of rotatable bonds is 3. The maximum atomic E-state index is 12.2. The van der Waals surface area contributed by atoms with Gasteiger partial charge in [-0.3, -0.25) is 9.79 Å². The highest BCUT2D eigenvalue weighted by Gasteiger charge is 2.15. The Morgan fingerprint density at radius 3 is 2.82 bits per heavy atom. The Hall–Kier alpha value is -1.75. The molecule has 6 heteroatoms. The van der Waals surface area contributed by atoms with Crippen LogP contribution in [0.25, 0.3) is 0 Å². The minimum absolute atomic E-state index is 0. The molecule has 1 N–H and O–H groups in total. The number of hydrogen-bond acceptors (Lipinski definition) is 5. The van der Waals surface area contributed by atoms with Crippen LogP contribution in [-0.2, 0) is 0 Å². The molecule has 0 fully saturated rings. The van der Waals surface area contributed by atoms with Crippen LogP contribution in [0.3, 0.4) is 0 Å². The molecule has 3 rings (SSSR count). The van der Waals surface area contributed by atoms with Crippen LogP contribution in [0, 0.1) is 0 Å². The summed E-state index contributed by atoms with van der Waals surface area (Å²) >= 11 is 0. The van der Waals surface area contributed by atoms with Crippen molar-refractivity contribution >= 4 is 11.6 Å². The predicted molar refractivity (Wildman–Crippen MR) is 80.5 cm³/mol. The average Bonchev–Trinajstić information content (AvgIpc) is 2.81. The number of amidine groups is 1. The summed E-state index contributed by atoms with van der Waals surface area (Å²) in [5.74, 6) is 2.36. The van der Waals surface area contributed by atoms with Gasteiger partial charge in [0.2, 0.25) is 0 Å². The molecule has 0 saturated heterocycles. The van der Waals surface area contributed by atoms with Crippen molar-refractivity contribution in [3.05, 3.63) is 23.8 Å². The van der Waals surface area contributed by atoms with E-state index in [2.05, 4.69) is 10.3 Å². The lowest BCUT2D eigenvalue weighted by atomic mass is 10.1. The predicted octanol–water partition coefficient (Wildman–Crippen LogP) is -0.793. The SMILES string of the molecule is O=C(CNC1=NCCCCC1)c1ccc2c(c1)OCCO2.[Cl-]. The van der Waals surface area contributed by atoms with E-state index in [9.17, 15) is 4.79 Å². The summed E-state index contributed by atoms with van der Waals surface area (Å²) in [5.41, 5.74) is 0.640. The highest BCUT2D eigenvalue weighted by molar-refractivity contribution is 6.00. The van der Waals surface area contributed by atoms with Crippen molar-refractivity contribution in [1.29, 1.82) is 0 Å². The van der Waals surface area contributed by atoms with Gasteiger partial charge in [-0.05, 0) is 31.0 Å². The van der Waals surface area contributed by atoms with E-state index in [1.54, 1.807) is 18.2 Å². The Labute approximate surface area is 136 Å². The second kappa shape index (κ2) is 8.03. The smallest absolute Gasteiger partial charge is 0.182 e. The van der Waals surface area contributed by atoms with E-state index < -0.39 is 0 Å². The van der Waals surface area contributed by atoms with Crippen molar-refractivity contribution in [2.75, 3.05) is 26.3 Å². The Bertz CT molecular complexity index is 560. The molecular weight excluding hydrogens is 304 g/mol. The van der Waals surface area contributed by atoms with Crippen molar-refractivity contribution in [3.63, 3.8) is 0 Å². The molecule has 0 aliphatic carbocycles. The third kappa shape index (κ3) is 4.13. The molecule has 120 valence electrons. The number of halogens is 1. The molecule has 5 nitrogen and oxygen atoms in total. The molecule has 2 heterocycles. The van der Waals surface area contributed by atoms with Crippen LogP contribution in [0.1, 0.15) is 36.0 Å². The summed E-state index contributed by atoms with van der Waals surface area (Å²) in [7, 11) is 0. The van der Waals surface area contributed by atoms with Crippen molar-refractivity contribution in [2.24, 2.45) is 4.99 Å². The van der Waals surface area contributed by atoms with Crippen LogP contribution in [0.15, 0.2) is 23.2 Å². The molecule has 0 radical (unpaired) electrons. The van der Waals surface area contributed by atoms with Crippen LogP contribution < -0.4 is 27.2 Å². The maximum absolute atomic E-state index is 12.2. The number of Topliss-reactive ketones (excluding diaryl/α,β-unsaturated/α-hetero) is 1. The van der Waals surface area contributed by atoms with E-state index in [1.165, 1.54) is 6.42 Å². The summed E-state index contributed by atoms with van der Waals surface area (Å²) < 4.78 is 11.0. The van der Waals surface area contributed by atoms with Gasteiger partial charge in [0.1, 0.15) is 13.2 Å². The van der Waals surface area contributed by atoms with E-state index >= 15 is 0 Å². The number of aliphatic imine (C=N–C) groups is 1. The number of fused-ring (bicyclic) bond motifs is 1. The summed E-state index contributed by atoms with van der Waals surface area (Å²) in [6.07, 6.45) is 4.44. The van der Waals surface area contributed by atoms with Gasteiger partial charge in [-0.2, -0.15) is 0 Å². The van der Waals surface area contributed by atoms with Gasteiger partial charge in [0, 0.05) is 18.5 Å². The fourth-order valence-corrected chi connectivity index (χ4v) is 2.52. The second-order valence-electron chi connectivity index (χ2n) is 5.27. The summed E-state index contributed by atoms with van der Waals surface area (Å²) in [5, 5.41) is 3.17. The second-order valence-corrected chi connectivity index (χ2v) is 5.27. The quantitative estimate of drug-likeness (QED) is 0.741. The molecule has 2 aliphatic heterocycles. The zero-order valence-electron chi connectivity index (χ0n) is 12.4. The first-order valence-corrected chi connectivity index (χ1v) is 7.53. The van der Waals surface area contributed by atoms with Gasteiger partial charge < -0.3 is 27.2 Å². The Kier molecular flexibility index (Phi) is 6.07. The molecule has 2 aliphatic rings. The number of carbonyl (C=O) groups is 1. The summed E-state index contributed by atoms with van der Waals surface area (Å²) in [4.78, 5) is 16.7. The first-order chi connectivity index (χ1) is 10.3. The topological polar surface area (TPSA) is 59.9 Å². The summed E-state index contributed by atoms with van der Waals surface area (Å²) in [6, 6.07) is 5.34. The minimum atomic E-state index is 0. The highest BCUT2D eigenvalue weighted by atomic mass is 35.5. The van der Waals surface area contributed by atoms with Gasteiger partial charge in [-0.25, -0.2) is 0 Å². The van der Waals surface area contributed by atoms with Crippen LogP contribution in [0.2, 0.25) is 0 Å². The molecule has 22 heavy (non-hydrogen) atoms. The van der Waals surface area contributed by atoms with Gasteiger partial charge in [-0.1, -0.05) is 6.42 Å². The average molecular weight is 324 g/mol. The molecule has 1 aromatic rings. The van der Waals surface area contributed by atoms with Gasteiger partial charge in [0.25, 0.3) is 0 Å². The highest BCUT2D eigenvalue weighted by Crippen LogP contribution is 2.30. The molecule has 0 atom stereocenters. The van der Waals surface area contributed by atoms with E-state index in [-0.39, 0.29) is 24.7 Å². The Morgan fingerprint density at radius 1 is 1.14 bits per heavy atom. The number of carbonyl (C=O) groups excluding carboxylic acids is 1. The van der Waals surface area contributed by atoms with E-state index in [1.807, 2.05) is 0 Å². The van der Waals surface area contributed by atoms with E-state index in [4.69, 9.17) is 9.47 Å². The largest absolute Gasteiger partial charge is 1.00 e. The number of hydrogen-bond donors (Lipinski definition) is 1. The van der Waals surface area contributed by atoms with E-state index in [0.717, 1.165) is 31.6 Å². The van der Waals surface area contributed by atoms with Crippen molar-refractivity contribution in [3.8, 4) is 11.5 Å². The van der Waals surface area contributed by atoms with Gasteiger partial charge in [-0.15, -0.1) is 0 Å². The molecule has 0 amide bonds. The Morgan fingerprint density at radius 2 is 1.95 bits per heavy atom. The fraction of sp³-hybridized carbons (Fsp3) is 0.500. The standard InChI is InChI=1S/C16H20N2O3.ClH/c19-13(11-18-16-4-2-1-3-7-17-16)12-5-6-14-15(10-12)21-9-8-20-14;/h5-6,10H,1-4,7-9,11H2,(H,17,18);1H/p-1. The zero-order chi connectivity index (χ0) is 14.5. The van der Waals surface area contributed by atoms with E-state index in [0.29, 0.717) is 30.3 Å². The van der Waals surface area contributed by atoms with Crippen LogP contribution in [0.5, 0.6) is 11.5 Å². The maximum Gasteiger partial charge on any atom is 0.182 e. The van der Waals surface area contributed by atoms with Crippen molar-refractivity contribution < 1.29 is 26.7 Å². The molecule has 0 aromatic heterocycles. The zero-order valence-corrected chi connectivity index (χ0v) is 13.2. The number of benzene rings is 1. The molecule has 0 bridgehead atoms. The van der Waals surface area contributed by atoms with Gasteiger partial charge >= 0.3 is 0 Å². The summed E-state index contributed by atoms with van der Waals surface area (Å²) in [6.45, 7) is 2.22. The van der Waals surface area contributed by atoms with Gasteiger partial charge in [0.15, 0.2) is 17.3 Å². The molecule has 0 unspecified atom stereocenters. The lowest BCUT2D eigenvalue weighted by molar-refractivity contribution is -0.0000125. The number of ketones is 1. The van der Waals surface area contributed by atoms with Crippen molar-refractivity contribution in [2.45, 2.75) is 25.7 Å². The normalized spacial score (nSPS) is 16.8. The lowest BCUT2D eigenvalue weighted by Crippen LogP contribution is -3.00. The van der Waals surface area contributed by atoms with Gasteiger partial charge in [0.05, 0.1) is 12.4 Å². The van der Waals surface area contributed by atoms with Crippen LogP contribution in [-0.4, -0.2) is 37.9 Å². The number of nitrogens with zero attached hydrogens (tertiary/aromatic N) is 1. The molecule has 1 aromatic carbocycles. The first-order valence-electron chi connectivity index (χ1n) is 7.53. The van der Waals surface area contributed by atoms with Crippen LogP contribution in [0.4, 0.5) is 0 Å². The monoisotopic (exact) mass is 323 g/mol. The Balaban J connectivity index is 0.00000176. The number of ether oxygens (including phenoxy) is 2. The fourth-order valence-electron chi connectivity index (χ4n) is 2.52. The third-order valence-electron chi connectivity index (χ3n) is 3.69. The molecule has 0 saturated carbocycles. The molecule has 0 spiro atoms.